The van der Waals surface area contributed by atoms with E-state index in [0.717, 1.165) is 18.8 Å². The maximum Gasteiger partial charge on any atom is 0.186 e. The van der Waals surface area contributed by atoms with E-state index in [1.165, 1.54) is 32.1 Å². The number of rotatable bonds is 0. The van der Waals surface area contributed by atoms with Gasteiger partial charge in [-0.2, -0.15) is 0 Å². The van der Waals surface area contributed by atoms with E-state index >= 15 is 0 Å². The number of carbonyl (C=O) groups is 1. The van der Waals surface area contributed by atoms with Gasteiger partial charge in [0.25, 0.3) is 0 Å². The fourth-order valence-corrected chi connectivity index (χ4v) is 6.45. The Morgan fingerprint density at radius 2 is 2.00 bits per heavy atom. The molecular weight excluding hydrogens is 274 g/mol. The minimum absolute atomic E-state index is 0.119. The van der Waals surface area contributed by atoms with Crippen LogP contribution in [0.5, 0.6) is 0 Å². The van der Waals surface area contributed by atoms with Gasteiger partial charge in [-0.05, 0) is 68.1 Å². The predicted octanol–water partition coefficient (Wildman–Crippen LogP) is 4.35. The molecule has 3 fully saturated rings. The SMILES string of the molecule is C[C@]12CCCC=C1CCC1C2CC[C@]2(C)C(=O)C(=NO)CC12. The molecule has 3 unspecified atom stereocenters. The molecule has 4 rings (SSSR count). The quantitative estimate of drug-likeness (QED) is 0.411. The molecule has 1 N–H and O–H groups in total. The summed E-state index contributed by atoms with van der Waals surface area (Å²) in [6.07, 6.45) is 11.7. The molecule has 0 aromatic heterocycles. The standard InChI is InChI=1S/C19H27NO2/c1-18-9-4-3-5-12(18)6-7-13-14(18)8-10-19(2)15(13)11-16(20-22)17(19)21/h5,13-15,22H,3-4,6-11H2,1-2H3/t13?,14?,15?,18-,19-/m0/s1. The number of hydrogen-bond acceptors (Lipinski definition) is 3. The lowest BCUT2D eigenvalue weighted by molar-refractivity contribution is -0.129. The van der Waals surface area contributed by atoms with Crippen LogP contribution in [0.3, 0.4) is 0 Å². The molecule has 0 bridgehead atoms. The first-order valence-corrected chi connectivity index (χ1v) is 8.96. The number of fused-ring (bicyclic) bond motifs is 5. The zero-order chi connectivity index (χ0) is 15.5. The summed E-state index contributed by atoms with van der Waals surface area (Å²) in [5.74, 6) is 1.86. The minimum atomic E-state index is -0.269. The van der Waals surface area contributed by atoms with E-state index in [9.17, 15) is 10.0 Å². The van der Waals surface area contributed by atoms with Crippen LogP contribution in [0, 0.1) is 28.6 Å². The molecular formula is C19H27NO2. The van der Waals surface area contributed by atoms with Gasteiger partial charge in [0, 0.05) is 11.8 Å². The fraction of sp³-hybridized carbons (Fsp3) is 0.789. The van der Waals surface area contributed by atoms with Gasteiger partial charge in [-0.1, -0.05) is 30.7 Å². The molecule has 4 aliphatic rings. The molecule has 3 saturated carbocycles. The lowest BCUT2D eigenvalue weighted by atomic mass is 9.47. The number of nitrogens with zero attached hydrogens (tertiary/aromatic N) is 1. The third-order valence-corrected chi connectivity index (χ3v) is 7.73. The summed E-state index contributed by atoms with van der Waals surface area (Å²) < 4.78 is 0. The number of carbonyl (C=O) groups excluding carboxylic acids is 1. The highest BCUT2D eigenvalue weighted by atomic mass is 16.4. The normalized spacial score (nSPS) is 49.4. The zero-order valence-electron chi connectivity index (χ0n) is 13.8. The van der Waals surface area contributed by atoms with Crippen LogP contribution in [0.2, 0.25) is 0 Å². The van der Waals surface area contributed by atoms with Crippen LogP contribution in [0.4, 0.5) is 0 Å². The van der Waals surface area contributed by atoms with Crippen molar-refractivity contribution in [1.29, 1.82) is 0 Å². The van der Waals surface area contributed by atoms with E-state index in [2.05, 4.69) is 25.1 Å². The molecule has 0 aliphatic heterocycles. The molecule has 0 aromatic carbocycles. The molecule has 0 saturated heterocycles. The minimum Gasteiger partial charge on any atom is -0.411 e. The van der Waals surface area contributed by atoms with Crippen LogP contribution >= 0.6 is 0 Å². The number of Topliss-reactive ketones (excluding diaryl/α,β-unsaturated/α-hetero) is 1. The lowest BCUT2D eigenvalue weighted by Gasteiger charge is -2.56. The Bertz CT molecular complexity index is 578. The molecule has 22 heavy (non-hydrogen) atoms. The Labute approximate surface area is 132 Å². The predicted molar refractivity (Wildman–Crippen MR) is 85.9 cm³/mol. The van der Waals surface area contributed by atoms with Crippen molar-refractivity contribution in [2.75, 3.05) is 0 Å². The van der Waals surface area contributed by atoms with Gasteiger partial charge in [-0.25, -0.2) is 0 Å². The van der Waals surface area contributed by atoms with Gasteiger partial charge in [0.15, 0.2) is 5.78 Å². The van der Waals surface area contributed by atoms with Gasteiger partial charge in [0.2, 0.25) is 0 Å². The first-order chi connectivity index (χ1) is 10.5. The Morgan fingerprint density at radius 1 is 1.18 bits per heavy atom. The summed E-state index contributed by atoms with van der Waals surface area (Å²) in [5, 5.41) is 12.5. The number of ketones is 1. The van der Waals surface area contributed by atoms with E-state index in [1.807, 2.05) is 0 Å². The summed E-state index contributed by atoms with van der Waals surface area (Å²) in [5.41, 5.74) is 2.23. The Kier molecular flexibility index (Phi) is 3.08. The van der Waals surface area contributed by atoms with Crippen molar-refractivity contribution in [3.8, 4) is 0 Å². The number of oxime groups is 1. The second-order valence-corrected chi connectivity index (χ2v) is 8.49. The molecule has 0 amide bonds. The molecule has 120 valence electrons. The van der Waals surface area contributed by atoms with Crippen molar-refractivity contribution >= 4 is 11.5 Å². The Morgan fingerprint density at radius 3 is 2.77 bits per heavy atom. The van der Waals surface area contributed by atoms with Crippen LogP contribution in [0.25, 0.3) is 0 Å². The van der Waals surface area contributed by atoms with Crippen LogP contribution in [-0.4, -0.2) is 16.7 Å². The third-order valence-electron chi connectivity index (χ3n) is 7.73. The molecule has 0 aromatic rings. The van der Waals surface area contributed by atoms with Crippen molar-refractivity contribution in [2.24, 2.45) is 33.7 Å². The highest BCUT2D eigenvalue weighted by Gasteiger charge is 2.60. The smallest absolute Gasteiger partial charge is 0.186 e. The van der Waals surface area contributed by atoms with Crippen LogP contribution in [0.1, 0.15) is 65.2 Å². The molecule has 5 atom stereocenters. The second kappa shape index (κ2) is 4.69. The van der Waals surface area contributed by atoms with E-state index < -0.39 is 0 Å². The monoisotopic (exact) mass is 301 g/mol. The van der Waals surface area contributed by atoms with Gasteiger partial charge in [0.05, 0.1) is 0 Å². The maximum absolute atomic E-state index is 12.6. The number of allylic oxidation sites excluding steroid dienone is 2. The molecule has 3 nitrogen and oxygen atoms in total. The molecule has 0 heterocycles. The molecule has 0 radical (unpaired) electrons. The van der Waals surface area contributed by atoms with Crippen molar-refractivity contribution in [1.82, 2.24) is 0 Å². The first-order valence-electron chi connectivity index (χ1n) is 8.96. The van der Waals surface area contributed by atoms with Crippen molar-refractivity contribution < 1.29 is 10.0 Å². The maximum atomic E-state index is 12.6. The van der Waals surface area contributed by atoms with Gasteiger partial charge >= 0.3 is 0 Å². The fourth-order valence-electron chi connectivity index (χ4n) is 6.45. The third kappa shape index (κ3) is 1.68. The van der Waals surface area contributed by atoms with Crippen LogP contribution in [-0.2, 0) is 4.79 Å². The Hall–Kier alpha value is -1.12. The summed E-state index contributed by atoms with van der Waals surface area (Å²) in [6, 6.07) is 0. The molecule has 3 heteroatoms. The van der Waals surface area contributed by atoms with E-state index in [0.29, 0.717) is 29.4 Å². The average Bonchev–Trinajstić information content (AvgIpc) is 2.78. The first kappa shape index (κ1) is 14.5. The van der Waals surface area contributed by atoms with Gasteiger partial charge in [-0.3, -0.25) is 4.79 Å². The van der Waals surface area contributed by atoms with Crippen molar-refractivity contribution in [3.63, 3.8) is 0 Å². The molecule has 0 spiro atoms. The summed E-state index contributed by atoms with van der Waals surface area (Å²) in [7, 11) is 0. The highest BCUT2D eigenvalue weighted by molar-refractivity contribution is 6.43. The topological polar surface area (TPSA) is 49.7 Å². The molecule has 4 aliphatic carbocycles. The van der Waals surface area contributed by atoms with Gasteiger partial charge < -0.3 is 5.21 Å². The van der Waals surface area contributed by atoms with Crippen LogP contribution in [0.15, 0.2) is 16.8 Å². The van der Waals surface area contributed by atoms with Crippen LogP contribution < -0.4 is 0 Å². The average molecular weight is 301 g/mol. The van der Waals surface area contributed by atoms with Gasteiger partial charge in [0.1, 0.15) is 5.71 Å². The second-order valence-electron chi connectivity index (χ2n) is 8.49. The zero-order valence-corrected chi connectivity index (χ0v) is 13.8. The van der Waals surface area contributed by atoms with E-state index in [1.54, 1.807) is 5.57 Å². The Balaban J connectivity index is 1.71. The van der Waals surface area contributed by atoms with Crippen molar-refractivity contribution in [3.05, 3.63) is 11.6 Å². The summed E-state index contributed by atoms with van der Waals surface area (Å²) in [6.45, 7) is 4.61. The summed E-state index contributed by atoms with van der Waals surface area (Å²) in [4.78, 5) is 12.6. The highest BCUT2D eigenvalue weighted by Crippen LogP contribution is 2.64. The summed E-state index contributed by atoms with van der Waals surface area (Å²) >= 11 is 0. The lowest BCUT2D eigenvalue weighted by Crippen LogP contribution is -2.50. The van der Waals surface area contributed by atoms with Crippen molar-refractivity contribution in [2.45, 2.75) is 65.2 Å². The van der Waals surface area contributed by atoms with E-state index in [-0.39, 0.29) is 11.2 Å². The van der Waals surface area contributed by atoms with E-state index in [4.69, 9.17) is 0 Å². The van der Waals surface area contributed by atoms with Gasteiger partial charge in [-0.15, -0.1) is 0 Å². The largest absolute Gasteiger partial charge is 0.411 e. The number of hydrogen-bond donors (Lipinski definition) is 1.